The maximum atomic E-state index is 5.79. The second kappa shape index (κ2) is 7.33. The average Bonchev–Trinajstić information content (AvgIpc) is 2.92. The third kappa shape index (κ3) is 4.49. The number of nitrogens with zero attached hydrogens (tertiary/aromatic N) is 3. The zero-order valence-corrected chi connectivity index (χ0v) is 12.9. The van der Waals surface area contributed by atoms with Gasteiger partial charge in [0, 0.05) is 32.7 Å². The molecule has 1 aromatic rings. The summed E-state index contributed by atoms with van der Waals surface area (Å²) in [4.78, 5) is 6.70. The Bertz CT molecular complexity index is 431. The minimum Gasteiger partial charge on any atom is -0.377 e. The van der Waals surface area contributed by atoms with Gasteiger partial charge in [-0.2, -0.15) is 4.98 Å². The summed E-state index contributed by atoms with van der Waals surface area (Å²) < 4.78 is 10.8. The van der Waals surface area contributed by atoms with Crippen LogP contribution in [0.25, 0.3) is 0 Å². The van der Waals surface area contributed by atoms with E-state index in [0.717, 1.165) is 38.6 Å². The van der Waals surface area contributed by atoms with E-state index >= 15 is 0 Å². The topological polar surface area (TPSA) is 63.4 Å². The largest absolute Gasteiger partial charge is 0.377 e. The van der Waals surface area contributed by atoms with Gasteiger partial charge >= 0.3 is 0 Å². The lowest BCUT2D eigenvalue weighted by Gasteiger charge is -2.33. The predicted octanol–water partition coefficient (Wildman–Crippen LogP) is 1.50. The minimum absolute atomic E-state index is 0.411. The molecular weight excluding hydrogens is 268 g/mol. The van der Waals surface area contributed by atoms with Crippen LogP contribution in [0.3, 0.4) is 0 Å². The summed E-state index contributed by atoms with van der Waals surface area (Å²) in [5.41, 5.74) is 0. The second-order valence-corrected chi connectivity index (χ2v) is 6.20. The lowest BCUT2D eigenvalue weighted by molar-refractivity contribution is 0.0134. The van der Waals surface area contributed by atoms with Crippen LogP contribution in [0.1, 0.15) is 43.8 Å². The van der Waals surface area contributed by atoms with Crippen molar-refractivity contribution in [1.29, 1.82) is 0 Å². The van der Waals surface area contributed by atoms with Gasteiger partial charge in [-0.15, -0.1) is 0 Å². The monoisotopic (exact) mass is 294 g/mol. The molecule has 6 heteroatoms. The number of nitrogens with one attached hydrogen (secondary N) is 1. The molecule has 2 fully saturated rings. The molecule has 0 aliphatic carbocycles. The van der Waals surface area contributed by atoms with E-state index in [1.807, 2.05) is 6.92 Å². The van der Waals surface area contributed by atoms with E-state index in [9.17, 15) is 0 Å². The fraction of sp³-hybridized carbons (Fsp3) is 0.867. The highest BCUT2D eigenvalue weighted by atomic mass is 16.5. The highest BCUT2D eigenvalue weighted by Gasteiger charge is 2.22. The molecular formula is C15H26N4O2. The van der Waals surface area contributed by atoms with Crippen molar-refractivity contribution in [2.45, 2.75) is 57.7 Å². The molecule has 0 spiro atoms. The zero-order valence-electron chi connectivity index (χ0n) is 12.9. The molecule has 0 saturated carbocycles. The van der Waals surface area contributed by atoms with Crippen LogP contribution >= 0.6 is 0 Å². The van der Waals surface area contributed by atoms with E-state index in [1.54, 1.807) is 0 Å². The molecule has 2 aliphatic heterocycles. The van der Waals surface area contributed by atoms with Gasteiger partial charge in [0.1, 0.15) is 0 Å². The molecule has 2 unspecified atom stereocenters. The van der Waals surface area contributed by atoms with Gasteiger partial charge in [0.2, 0.25) is 5.89 Å². The van der Waals surface area contributed by atoms with Crippen molar-refractivity contribution in [3.63, 3.8) is 0 Å². The molecule has 0 radical (unpaired) electrons. The van der Waals surface area contributed by atoms with E-state index < -0.39 is 0 Å². The summed E-state index contributed by atoms with van der Waals surface area (Å²) in [5.74, 6) is 1.44. The number of rotatable bonds is 5. The van der Waals surface area contributed by atoms with E-state index in [0.29, 0.717) is 18.0 Å². The summed E-state index contributed by atoms with van der Waals surface area (Å²) in [6, 6.07) is 0.553. The first-order valence-electron chi connectivity index (χ1n) is 8.16. The van der Waals surface area contributed by atoms with Crippen LogP contribution in [-0.4, -0.2) is 53.4 Å². The van der Waals surface area contributed by atoms with Crippen molar-refractivity contribution in [2.75, 3.05) is 26.2 Å². The Balaban J connectivity index is 1.42. The Morgan fingerprint density at radius 3 is 3.00 bits per heavy atom. The van der Waals surface area contributed by atoms with Crippen LogP contribution in [0.15, 0.2) is 4.52 Å². The first-order valence-corrected chi connectivity index (χ1v) is 8.16. The Labute approximate surface area is 126 Å². The minimum atomic E-state index is 0.411. The van der Waals surface area contributed by atoms with Crippen molar-refractivity contribution in [1.82, 2.24) is 20.4 Å². The van der Waals surface area contributed by atoms with Crippen molar-refractivity contribution in [3.05, 3.63) is 11.7 Å². The normalized spacial score (nSPS) is 27.9. The number of aryl methyl sites for hydroxylation is 1. The quantitative estimate of drug-likeness (QED) is 0.888. The van der Waals surface area contributed by atoms with Gasteiger partial charge < -0.3 is 14.6 Å². The van der Waals surface area contributed by atoms with Crippen LogP contribution in [0, 0.1) is 6.92 Å². The molecule has 3 heterocycles. The van der Waals surface area contributed by atoms with E-state index in [1.165, 1.54) is 32.1 Å². The van der Waals surface area contributed by atoms with E-state index in [-0.39, 0.29) is 0 Å². The molecule has 6 nitrogen and oxygen atoms in total. The molecule has 118 valence electrons. The van der Waals surface area contributed by atoms with Gasteiger partial charge in [-0.3, -0.25) is 4.90 Å². The molecule has 2 saturated heterocycles. The average molecular weight is 294 g/mol. The molecule has 0 amide bonds. The standard InChI is InChI=1S/C15H26N4O2/c1-12-17-15(18-21-12)11-19-7-4-5-13(10-19)16-9-14-6-2-3-8-20-14/h13-14,16H,2-11H2,1H3. The molecule has 1 aromatic heterocycles. The number of piperidine rings is 1. The third-order valence-corrected chi connectivity index (χ3v) is 4.35. The van der Waals surface area contributed by atoms with Gasteiger partial charge in [0.25, 0.3) is 0 Å². The van der Waals surface area contributed by atoms with Gasteiger partial charge in [-0.05, 0) is 38.6 Å². The van der Waals surface area contributed by atoms with Crippen LogP contribution in [0.2, 0.25) is 0 Å². The summed E-state index contributed by atoms with van der Waals surface area (Å²) in [6.07, 6.45) is 6.60. The summed E-state index contributed by atoms with van der Waals surface area (Å²) in [5, 5.41) is 7.67. The van der Waals surface area contributed by atoms with Crippen molar-refractivity contribution in [3.8, 4) is 0 Å². The summed E-state index contributed by atoms with van der Waals surface area (Å²) >= 11 is 0. The van der Waals surface area contributed by atoms with Crippen LogP contribution in [-0.2, 0) is 11.3 Å². The lowest BCUT2D eigenvalue weighted by atomic mass is 10.0. The smallest absolute Gasteiger partial charge is 0.223 e. The van der Waals surface area contributed by atoms with Crippen molar-refractivity contribution >= 4 is 0 Å². The molecule has 2 aliphatic rings. The predicted molar refractivity (Wildman–Crippen MR) is 78.9 cm³/mol. The highest BCUT2D eigenvalue weighted by molar-refractivity contribution is 4.87. The Kier molecular flexibility index (Phi) is 5.22. The van der Waals surface area contributed by atoms with Gasteiger partial charge in [0.05, 0.1) is 12.6 Å². The Morgan fingerprint density at radius 2 is 2.24 bits per heavy atom. The number of hydrogen-bond acceptors (Lipinski definition) is 6. The molecule has 0 bridgehead atoms. The second-order valence-electron chi connectivity index (χ2n) is 6.20. The first kappa shape index (κ1) is 14.9. The zero-order chi connectivity index (χ0) is 14.5. The van der Waals surface area contributed by atoms with Crippen LogP contribution < -0.4 is 5.32 Å². The van der Waals surface area contributed by atoms with Crippen molar-refractivity contribution < 1.29 is 9.26 Å². The first-order chi connectivity index (χ1) is 10.3. The fourth-order valence-electron chi connectivity index (χ4n) is 3.24. The van der Waals surface area contributed by atoms with Gasteiger partial charge in [-0.25, -0.2) is 0 Å². The third-order valence-electron chi connectivity index (χ3n) is 4.35. The highest BCUT2D eigenvalue weighted by Crippen LogP contribution is 2.15. The molecule has 2 atom stereocenters. The summed E-state index contributed by atoms with van der Waals surface area (Å²) in [7, 11) is 0. The maximum Gasteiger partial charge on any atom is 0.223 e. The number of likely N-dealkylation sites (tertiary alicyclic amines) is 1. The molecule has 3 rings (SSSR count). The van der Waals surface area contributed by atoms with Gasteiger partial charge in [0.15, 0.2) is 5.82 Å². The summed E-state index contributed by atoms with van der Waals surface area (Å²) in [6.45, 7) is 6.71. The van der Waals surface area contributed by atoms with E-state index in [4.69, 9.17) is 9.26 Å². The molecule has 0 aromatic carbocycles. The number of aromatic nitrogens is 2. The maximum absolute atomic E-state index is 5.79. The van der Waals surface area contributed by atoms with Crippen LogP contribution in [0.5, 0.6) is 0 Å². The SMILES string of the molecule is Cc1nc(CN2CCCC(NCC3CCCCO3)C2)no1. The van der Waals surface area contributed by atoms with Crippen molar-refractivity contribution in [2.24, 2.45) is 0 Å². The lowest BCUT2D eigenvalue weighted by Crippen LogP contribution is -2.47. The Morgan fingerprint density at radius 1 is 1.29 bits per heavy atom. The Hall–Kier alpha value is -0.980. The van der Waals surface area contributed by atoms with Crippen LogP contribution in [0.4, 0.5) is 0 Å². The molecule has 1 N–H and O–H groups in total. The number of hydrogen-bond donors (Lipinski definition) is 1. The number of ether oxygens (including phenoxy) is 1. The fourth-order valence-corrected chi connectivity index (χ4v) is 3.24. The van der Waals surface area contributed by atoms with E-state index in [2.05, 4.69) is 20.4 Å². The van der Waals surface area contributed by atoms with Gasteiger partial charge in [-0.1, -0.05) is 5.16 Å². The molecule has 21 heavy (non-hydrogen) atoms.